The number of hydrogen-bond donors (Lipinski definition) is 1. The van der Waals surface area contributed by atoms with E-state index >= 15 is 0 Å². The van der Waals surface area contributed by atoms with Gasteiger partial charge in [-0.1, -0.05) is 0 Å². The summed E-state index contributed by atoms with van der Waals surface area (Å²) in [6.45, 7) is 3.57. The van der Waals surface area contributed by atoms with Gasteiger partial charge in [-0.3, -0.25) is 4.79 Å². The van der Waals surface area contributed by atoms with E-state index in [1.807, 2.05) is 11.9 Å². The molecule has 2 fully saturated rings. The van der Waals surface area contributed by atoms with Crippen molar-refractivity contribution in [3.05, 3.63) is 0 Å². The lowest BCUT2D eigenvalue weighted by molar-refractivity contribution is -0.139. The molecule has 2 rings (SSSR count). The van der Waals surface area contributed by atoms with Gasteiger partial charge in [-0.15, -0.1) is 0 Å². The van der Waals surface area contributed by atoms with Crippen LogP contribution in [0, 0.1) is 5.92 Å². The molecule has 4 heteroatoms. The molecule has 2 saturated heterocycles. The molecule has 0 bridgehead atoms. The summed E-state index contributed by atoms with van der Waals surface area (Å²) in [4.78, 5) is 13.9. The predicted molar refractivity (Wildman–Crippen MR) is 57.6 cm³/mol. The summed E-state index contributed by atoms with van der Waals surface area (Å²) in [5, 5.41) is 3.17. The lowest BCUT2D eigenvalue weighted by Crippen LogP contribution is -2.37. The number of amides is 1. The Morgan fingerprint density at radius 3 is 3.07 bits per heavy atom. The molecule has 2 aliphatic rings. The first-order valence-corrected chi connectivity index (χ1v) is 5.86. The van der Waals surface area contributed by atoms with E-state index in [4.69, 9.17) is 4.74 Å². The van der Waals surface area contributed by atoms with Crippen molar-refractivity contribution in [2.45, 2.75) is 25.4 Å². The van der Waals surface area contributed by atoms with Crippen molar-refractivity contribution < 1.29 is 9.53 Å². The third kappa shape index (κ3) is 2.49. The second-order valence-corrected chi connectivity index (χ2v) is 4.50. The summed E-state index contributed by atoms with van der Waals surface area (Å²) in [5.41, 5.74) is 0. The topological polar surface area (TPSA) is 41.6 Å². The fraction of sp³-hybridized carbons (Fsp3) is 0.909. The number of likely N-dealkylation sites (tertiary alicyclic amines) is 1. The first-order chi connectivity index (χ1) is 7.31. The van der Waals surface area contributed by atoms with Crippen molar-refractivity contribution in [2.75, 3.05) is 33.3 Å². The molecule has 2 heterocycles. The highest BCUT2D eigenvalue weighted by molar-refractivity contribution is 5.81. The zero-order valence-electron chi connectivity index (χ0n) is 9.37. The highest BCUT2D eigenvalue weighted by Gasteiger charge is 2.32. The number of ether oxygens (including phenoxy) is 1. The van der Waals surface area contributed by atoms with Crippen LogP contribution in [0.4, 0.5) is 0 Å². The highest BCUT2D eigenvalue weighted by Crippen LogP contribution is 2.20. The summed E-state index contributed by atoms with van der Waals surface area (Å²) >= 11 is 0. The van der Waals surface area contributed by atoms with Gasteiger partial charge >= 0.3 is 0 Å². The highest BCUT2D eigenvalue weighted by atomic mass is 16.5. The van der Waals surface area contributed by atoms with E-state index in [0.717, 1.165) is 45.5 Å². The van der Waals surface area contributed by atoms with Crippen molar-refractivity contribution in [1.29, 1.82) is 0 Å². The van der Waals surface area contributed by atoms with Crippen LogP contribution in [-0.2, 0) is 9.53 Å². The van der Waals surface area contributed by atoms with E-state index in [2.05, 4.69) is 5.32 Å². The number of rotatable bonds is 3. The van der Waals surface area contributed by atoms with Gasteiger partial charge in [0.1, 0.15) is 6.10 Å². The Morgan fingerprint density at radius 2 is 2.40 bits per heavy atom. The van der Waals surface area contributed by atoms with Crippen LogP contribution in [0.5, 0.6) is 0 Å². The van der Waals surface area contributed by atoms with E-state index in [1.165, 1.54) is 0 Å². The van der Waals surface area contributed by atoms with Crippen LogP contribution in [0.15, 0.2) is 0 Å². The molecule has 86 valence electrons. The summed E-state index contributed by atoms with van der Waals surface area (Å²) in [5.74, 6) is 0.839. The molecule has 2 aliphatic heterocycles. The van der Waals surface area contributed by atoms with Gasteiger partial charge in [-0.2, -0.15) is 0 Å². The van der Waals surface area contributed by atoms with E-state index in [1.54, 1.807) is 0 Å². The van der Waals surface area contributed by atoms with Gasteiger partial charge in [0.2, 0.25) is 0 Å². The Bertz CT molecular complexity index is 227. The summed E-state index contributed by atoms with van der Waals surface area (Å²) < 4.78 is 5.42. The van der Waals surface area contributed by atoms with Gasteiger partial charge in [0, 0.05) is 19.7 Å². The normalized spacial score (nSPS) is 31.1. The Balaban J connectivity index is 1.81. The van der Waals surface area contributed by atoms with Gasteiger partial charge in [0.25, 0.3) is 5.91 Å². The van der Waals surface area contributed by atoms with Crippen molar-refractivity contribution in [3.63, 3.8) is 0 Å². The minimum Gasteiger partial charge on any atom is -0.368 e. The zero-order valence-corrected chi connectivity index (χ0v) is 9.37. The largest absolute Gasteiger partial charge is 0.368 e. The molecule has 0 aromatic heterocycles. The van der Waals surface area contributed by atoms with Crippen LogP contribution < -0.4 is 5.32 Å². The molecule has 2 atom stereocenters. The maximum atomic E-state index is 12.0. The van der Waals surface area contributed by atoms with Crippen molar-refractivity contribution in [1.82, 2.24) is 10.2 Å². The Morgan fingerprint density at radius 1 is 1.53 bits per heavy atom. The van der Waals surface area contributed by atoms with Crippen LogP contribution in [0.2, 0.25) is 0 Å². The molecule has 0 saturated carbocycles. The molecule has 0 radical (unpaired) electrons. The number of nitrogens with zero attached hydrogens (tertiary/aromatic N) is 1. The van der Waals surface area contributed by atoms with Crippen LogP contribution in [-0.4, -0.2) is 50.2 Å². The number of carbonyl (C=O) groups is 1. The second-order valence-electron chi connectivity index (χ2n) is 4.50. The standard InChI is InChI=1S/C11H20N2O2/c1-12-7-9-4-5-13(8-9)11(14)10-3-2-6-15-10/h9-10,12H,2-8H2,1H3/t9?,10-/m0/s1. The molecular formula is C11H20N2O2. The SMILES string of the molecule is CNCC1CCN(C(=O)[C@@H]2CCCO2)C1. The van der Waals surface area contributed by atoms with Crippen LogP contribution in [0.25, 0.3) is 0 Å². The molecule has 0 aliphatic carbocycles. The summed E-state index contributed by atoms with van der Waals surface area (Å²) in [6.07, 6.45) is 2.92. The Kier molecular flexibility index (Phi) is 3.59. The monoisotopic (exact) mass is 212 g/mol. The van der Waals surface area contributed by atoms with Crippen LogP contribution in [0.3, 0.4) is 0 Å². The predicted octanol–water partition coefficient (Wildman–Crippen LogP) is 0.233. The fourth-order valence-corrected chi connectivity index (χ4v) is 2.46. The number of hydrogen-bond acceptors (Lipinski definition) is 3. The van der Waals surface area contributed by atoms with E-state index < -0.39 is 0 Å². The molecule has 0 aromatic carbocycles. The summed E-state index contributed by atoms with van der Waals surface area (Å²) in [6, 6.07) is 0. The minimum absolute atomic E-state index is 0.140. The van der Waals surface area contributed by atoms with Gasteiger partial charge in [-0.05, 0) is 38.8 Å². The lowest BCUT2D eigenvalue weighted by atomic mass is 10.1. The summed E-state index contributed by atoms with van der Waals surface area (Å²) in [7, 11) is 1.96. The second kappa shape index (κ2) is 4.94. The molecule has 1 amide bonds. The Labute approximate surface area is 91.0 Å². The maximum Gasteiger partial charge on any atom is 0.251 e. The van der Waals surface area contributed by atoms with Gasteiger partial charge in [0.05, 0.1) is 0 Å². The molecule has 4 nitrogen and oxygen atoms in total. The van der Waals surface area contributed by atoms with Gasteiger partial charge in [-0.25, -0.2) is 0 Å². The minimum atomic E-state index is -0.140. The van der Waals surface area contributed by atoms with E-state index in [0.29, 0.717) is 5.92 Å². The average Bonchev–Trinajstić information content (AvgIpc) is 2.87. The fourth-order valence-electron chi connectivity index (χ4n) is 2.46. The third-order valence-electron chi connectivity index (χ3n) is 3.30. The molecular weight excluding hydrogens is 192 g/mol. The third-order valence-corrected chi connectivity index (χ3v) is 3.30. The lowest BCUT2D eigenvalue weighted by Gasteiger charge is -2.20. The first-order valence-electron chi connectivity index (χ1n) is 5.86. The van der Waals surface area contributed by atoms with Crippen molar-refractivity contribution in [2.24, 2.45) is 5.92 Å². The average molecular weight is 212 g/mol. The smallest absolute Gasteiger partial charge is 0.251 e. The Hall–Kier alpha value is -0.610. The molecule has 1 N–H and O–H groups in total. The van der Waals surface area contributed by atoms with Gasteiger partial charge < -0.3 is 15.0 Å². The van der Waals surface area contributed by atoms with Crippen molar-refractivity contribution >= 4 is 5.91 Å². The molecule has 0 spiro atoms. The van der Waals surface area contributed by atoms with Crippen LogP contribution in [0.1, 0.15) is 19.3 Å². The zero-order chi connectivity index (χ0) is 10.7. The quantitative estimate of drug-likeness (QED) is 0.728. The van der Waals surface area contributed by atoms with Gasteiger partial charge in [0.15, 0.2) is 0 Å². The molecule has 1 unspecified atom stereocenters. The number of nitrogens with one attached hydrogen (secondary N) is 1. The molecule has 0 aromatic rings. The van der Waals surface area contributed by atoms with Crippen LogP contribution >= 0.6 is 0 Å². The van der Waals surface area contributed by atoms with E-state index in [-0.39, 0.29) is 12.0 Å². The maximum absolute atomic E-state index is 12.0. The van der Waals surface area contributed by atoms with E-state index in [9.17, 15) is 4.79 Å². The number of carbonyl (C=O) groups excluding carboxylic acids is 1. The first kappa shape index (κ1) is 10.9. The van der Waals surface area contributed by atoms with Crippen molar-refractivity contribution in [3.8, 4) is 0 Å². The molecule has 15 heavy (non-hydrogen) atoms.